The van der Waals surface area contributed by atoms with Crippen molar-refractivity contribution in [3.63, 3.8) is 0 Å². The van der Waals surface area contributed by atoms with Crippen LogP contribution in [-0.4, -0.2) is 77.5 Å². The van der Waals surface area contributed by atoms with Crippen LogP contribution in [0.3, 0.4) is 0 Å². The van der Waals surface area contributed by atoms with Gasteiger partial charge in [0.25, 0.3) is 5.91 Å². The number of amides is 5. The first-order valence-corrected chi connectivity index (χ1v) is 18.1. The van der Waals surface area contributed by atoms with Gasteiger partial charge in [-0.15, -0.1) is 18.9 Å². The van der Waals surface area contributed by atoms with Crippen LogP contribution >= 0.6 is 0 Å². The molecule has 0 bridgehead atoms. The Hall–Kier alpha value is -3.68. The number of rotatable bonds is 14. The maximum atomic E-state index is 14.5. The Bertz CT molecular complexity index is 1320. The molecule has 6 atom stereocenters. The van der Waals surface area contributed by atoms with Gasteiger partial charge in [0, 0.05) is 25.4 Å². The molecular weight excluding hydrogens is 610 g/mol. The first-order chi connectivity index (χ1) is 23.0. The van der Waals surface area contributed by atoms with E-state index in [0.29, 0.717) is 6.54 Å². The SMILES string of the molecule is C#CCC(NC(=O)[C@@H]1[C@@H]2[C@H](CN1C(=O)[C@@H](NC(=O)N[C@H](C(=O)C1CC1)C1CCCCC1)C1CCCCC1)C2(C)C)C(=O)C(=O)NCC=C. The van der Waals surface area contributed by atoms with Crippen molar-refractivity contribution in [2.24, 2.45) is 35.0 Å². The average Bonchev–Trinajstić information content (AvgIpc) is 3.97. The van der Waals surface area contributed by atoms with Gasteiger partial charge < -0.3 is 26.2 Å². The number of nitrogens with zero attached hydrogens (tertiary/aromatic N) is 1. The van der Waals surface area contributed by atoms with Crippen LogP contribution in [0.2, 0.25) is 0 Å². The Morgan fingerprint density at radius 3 is 2.02 bits per heavy atom. The molecule has 0 aromatic carbocycles. The molecule has 5 amide bonds. The smallest absolute Gasteiger partial charge is 0.316 e. The van der Waals surface area contributed by atoms with Crippen molar-refractivity contribution in [1.82, 2.24) is 26.2 Å². The Labute approximate surface area is 284 Å². The van der Waals surface area contributed by atoms with Crippen LogP contribution in [0.1, 0.15) is 97.3 Å². The molecule has 0 spiro atoms. The summed E-state index contributed by atoms with van der Waals surface area (Å²) in [6.45, 7) is 8.08. The quantitative estimate of drug-likeness (QED) is 0.127. The van der Waals surface area contributed by atoms with Gasteiger partial charge in [-0.3, -0.25) is 24.0 Å². The van der Waals surface area contributed by atoms with E-state index in [-0.39, 0.29) is 59.7 Å². The van der Waals surface area contributed by atoms with Crippen LogP contribution in [0.5, 0.6) is 0 Å². The Kier molecular flexibility index (Phi) is 11.3. The van der Waals surface area contributed by atoms with Crippen molar-refractivity contribution in [1.29, 1.82) is 0 Å². The molecule has 11 heteroatoms. The third-order valence-corrected chi connectivity index (χ3v) is 11.7. The maximum absolute atomic E-state index is 14.5. The molecule has 4 aliphatic carbocycles. The fourth-order valence-corrected chi connectivity index (χ4v) is 8.67. The molecule has 0 aromatic heterocycles. The third kappa shape index (κ3) is 7.79. The molecule has 5 aliphatic rings. The van der Waals surface area contributed by atoms with Gasteiger partial charge in [-0.25, -0.2) is 4.79 Å². The Morgan fingerprint density at radius 1 is 0.875 bits per heavy atom. The lowest BCUT2D eigenvalue weighted by atomic mass is 9.81. The molecule has 1 aliphatic heterocycles. The van der Waals surface area contributed by atoms with Crippen molar-refractivity contribution in [2.45, 2.75) is 121 Å². The standard InChI is InChI=1S/C37H53N5O6/c1-5-13-26(32(44)34(46)38-20-6-2)39-33(45)30-27-25(37(27,3)4)21-42(30)35(47)29(23-16-11-8-12-17-23)41-36(48)40-28(31(43)24-18-19-24)22-14-9-7-10-15-22/h1,6,22-30H,2,7-21H2,3-4H3,(H,38,46)(H,39,45)(H2,40,41,48)/t25-,26?,27-,28-,29-,30-/m0/s1. The first-order valence-electron chi connectivity index (χ1n) is 18.1. The van der Waals surface area contributed by atoms with E-state index in [4.69, 9.17) is 6.42 Å². The Morgan fingerprint density at radius 2 is 1.46 bits per heavy atom. The van der Waals surface area contributed by atoms with Crippen LogP contribution in [-0.2, 0) is 24.0 Å². The van der Waals surface area contributed by atoms with Gasteiger partial charge in [0.2, 0.25) is 17.6 Å². The van der Waals surface area contributed by atoms with Crippen molar-refractivity contribution in [2.75, 3.05) is 13.1 Å². The van der Waals surface area contributed by atoms with E-state index in [2.05, 4.69) is 47.6 Å². The van der Waals surface area contributed by atoms with Crippen molar-refractivity contribution in [3.8, 4) is 12.3 Å². The average molecular weight is 664 g/mol. The fraction of sp³-hybridized carbons (Fsp3) is 0.730. The molecule has 5 rings (SSSR count). The second kappa shape index (κ2) is 15.3. The number of urea groups is 1. The van der Waals surface area contributed by atoms with Crippen molar-refractivity contribution in [3.05, 3.63) is 12.7 Å². The minimum Gasteiger partial charge on any atom is -0.346 e. The van der Waals surface area contributed by atoms with Gasteiger partial charge in [-0.05, 0) is 67.6 Å². The van der Waals surface area contributed by atoms with Gasteiger partial charge in [0.1, 0.15) is 18.1 Å². The van der Waals surface area contributed by atoms with Gasteiger partial charge >= 0.3 is 6.03 Å². The minimum absolute atomic E-state index is 0.00481. The monoisotopic (exact) mass is 663 g/mol. The lowest BCUT2D eigenvalue weighted by Crippen LogP contribution is -2.61. The summed E-state index contributed by atoms with van der Waals surface area (Å²) in [7, 11) is 0. The summed E-state index contributed by atoms with van der Waals surface area (Å²) < 4.78 is 0. The molecule has 4 saturated carbocycles. The van der Waals surface area contributed by atoms with E-state index >= 15 is 0 Å². The molecule has 48 heavy (non-hydrogen) atoms. The molecule has 1 saturated heterocycles. The normalized spacial score (nSPS) is 26.9. The predicted octanol–water partition coefficient (Wildman–Crippen LogP) is 3.02. The number of carbonyl (C=O) groups is 6. The second-order valence-electron chi connectivity index (χ2n) is 15.3. The highest BCUT2D eigenvalue weighted by Crippen LogP contribution is 2.65. The van der Waals surface area contributed by atoms with Crippen molar-refractivity contribution < 1.29 is 28.8 Å². The molecule has 1 unspecified atom stereocenters. The van der Waals surface area contributed by atoms with E-state index in [1.165, 1.54) is 6.08 Å². The summed E-state index contributed by atoms with van der Waals surface area (Å²) in [6, 6.07) is -4.07. The van der Waals surface area contributed by atoms with Crippen molar-refractivity contribution >= 4 is 35.3 Å². The topological polar surface area (TPSA) is 154 Å². The fourth-order valence-electron chi connectivity index (χ4n) is 8.67. The summed E-state index contributed by atoms with van der Waals surface area (Å²) >= 11 is 0. The number of hydrogen-bond donors (Lipinski definition) is 4. The van der Waals surface area contributed by atoms with Gasteiger partial charge in [-0.1, -0.05) is 58.4 Å². The summed E-state index contributed by atoms with van der Waals surface area (Å²) in [6.07, 6.45) is 18.0. The molecule has 5 fully saturated rings. The van der Waals surface area contributed by atoms with Crippen LogP contribution in [0.15, 0.2) is 12.7 Å². The lowest BCUT2D eigenvalue weighted by molar-refractivity contribution is -0.144. The van der Waals surface area contributed by atoms with Gasteiger partial charge in [-0.2, -0.15) is 0 Å². The van der Waals surface area contributed by atoms with Gasteiger partial charge in [0.15, 0.2) is 5.78 Å². The maximum Gasteiger partial charge on any atom is 0.316 e. The zero-order valence-corrected chi connectivity index (χ0v) is 28.6. The van der Waals surface area contributed by atoms with E-state index in [9.17, 15) is 28.8 Å². The summed E-state index contributed by atoms with van der Waals surface area (Å²) in [5, 5.41) is 11.2. The molecule has 0 aromatic rings. The number of likely N-dealkylation sites (tertiary alicyclic amines) is 1. The van der Waals surface area contributed by atoms with E-state index < -0.39 is 47.8 Å². The number of carbonyl (C=O) groups excluding carboxylic acids is 6. The van der Waals surface area contributed by atoms with E-state index in [1.54, 1.807) is 4.90 Å². The number of ketones is 2. The summed E-state index contributed by atoms with van der Waals surface area (Å²) in [4.78, 5) is 82.5. The molecule has 1 heterocycles. The molecule has 0 radical (unpaired) electrons. The predicted molar refractivity (Wildman–Crippen MR) is 180 cm³/mol. The number of hydrogen-bond acceptors (Lipinski definition) is 6. The number of Topliss-reactive ketones (excluding diaryl/α,β-unsaturated/α-hetero) is 2. The number of piperidine rings is 1. The zero-order valence-electron chi connectivity index (χ0n) is 28.6. The van der Waals surface area contributed by atoms with Crippen LogP contribution < -0.4 is 21.3 Å². The van der Waals surface area contributed by atoms with Crippen LogP contribution in [0, 0.1) is 47.3 Å². The summed E-state index contributed by atoms with van der Waals surface area (Å²) in [5.41, 5.74) is -0.201. The van der Waals surface area contributed by atoms with Crippen LogP contribution in [0.25, 0.3) is 0 Å². The number of nitrogens with one attached hydrogen (secondary N) is 4. The molecule has 4 N–H and O–H groups in total. The van der Waals surface area contributed by atoms with Crippen LogP contribution in [0.4, 0.5) is 4.79 Å². The molecule has 262 valence electrons. The van der Waals surface area contributed by atoms with E-state index in [1.807, 2.05) is 0 Å². The Balaban J connectivity index is 1.34. The molecular formula is C37H53N5O6. The highest BCUT2D eigenvalue weighted by molar-refractivity contribution is 6.38. The third-order valence-electron chi connectivity index (χ3n) is 11.7. The van der Waals surface area contributed by atoms with Gasteiger partial charge in [0.05, 0.1) is 6.04 Å². The minimum atomic E-state index is -1.25. The van der Waals surface area contributed by atoms with E-state index in [0.717, 1.165) is 77.0 Å². The lowest BCUT2D eigenvalue weighted by Gasteiger charge is -2.37. The zero-order chi connectivity index (χ0) is 34.6. The largest absolute Gasteiger partial charge is 0.346 e. The molecule has 11 nitrogen and oxygen atoms in total. The summed E-state index contributed by atoms with van der Waals surface area (Å²) in [5.74, 6) is -0.211. The first kappa shape index (κ1) is 35.6. The highest BCUT2D eigenvalue weighted by atomic mass is 16.2. The second-order valence-corrected chi connectivity index (χ2v) is 15.3. The number of terminal acetylenes is 1. The number of fused-ring (bicyclic) bond motifs is 1. The highest BCUT2D eigenvalue weighted by Gasteiger charge is 2.69.